The highest BCUT2D eigenvalue weighted by molar-refractivity contribution is 6.05. The number of halogens is 1. The van der Waals surface area contributed by atoms with Crippen LogP contribution >= 0.6 is 0 Å². The van der Waals surface area contributed by atoms with Gasteiger partial charge >= 0.3 is 0 Å². The van der Waals surface area contributed by atoms with Crippen LogP contribution in [0.5, 0.6) is 0 Å². The van der Waals surface area contributed by atoms with E-state index in [1.54, 1.807) is 17.0 Å². The summed E-state index contributed by atoms with van der Waals surface area (Å²) in [5.41, 5.74) is 5.47. The second-order valence-corrected chi connectivity index (χ2v) is 8.41. The molecule has 0 unspecified atom stereocenters. The Labute approximate surface area is 182 Å². The van der Waals surface area contributed by atoms with Crippen LogP contribution in [-0.2, 0) is 11.3 Å². The molecule has 0 spiro atoms. The van der Waals surface area contributed by atoms with Gasteiger partial charge in [0.2, 0.25) is 0 Å². The predicted octanol–water partition coefficient (Wildman–Crippen LogP) is 6.31. The van der Waals surface area contributed by atoms with E-state index in [9.17, 15) is 14.3 Å². The van der Waals surface area contributed by atoms with E-state index in [-0.39, 0.29) is 18.1 Å². The molecule has 31 heavy (non-hydrogen) atoms. The second-order valence-electron chi connectivity index (χ2n) is 8.41. The van der Waals surface area contributed by atoms with E-state index >= 15 is 0 Å². The van der Waals surface area contributed by atoms with E-state index in [0.717, 1.165) is 22.3 Å². The molecular formula is C27H26FNO2. The van der Waals surface area contributed by atoms with Gasteiger partial charge in [-0.1, -0.05) is 80.1 Å². The third-order valence-corrected chi connectivity index (χ3v) is 5.85. The summed E-state index contributed by atoms with van der Waals surface area (Å²) in [6.07, 6.45) is 0. The Morgan fingerprint density at radius 3 is 2.13 bits per heavy atom. The van der Waals surface area contributed by atoms with Crippen LogP contribution < -0.4 is 0 Å². The van der Waals surface area contributed by atoms with E-state index < -0.39 is 11.9 Å². The van der Waals surface area contributed by atoms with Crippen molar-refractivity contribution in [1.29, 1.82) is 0 Å². The molecule has 0 saturated heterocycles. The standard InChI is InChI=1S/C27H26FNO2/c1-17(2)20-10-12-22(13-11-20)25-24(21-8-4-18(3)5-9-21)26(30)27(31)29(25)16-19-6-14-23(28)15-7-19/h4-15,17,25,30H,16H2,1-3H3/t25-/m1/s1. The molecule has 1 heterocycles. The SMILES string of the molecule is Cc1ccc(C2=C(O)C(=O)N(Cc3ccc(F)cc3)[C@@H]2c2ccc(C(C)C)cc2)cc1. The molecule has 0 fully saturated rings. The number of nitrogens with zero attached hydrogens (tertiary/aromatic N) is 1. The van der Waals surface area contributed by atoms with Crippen molar-refractivity contribution in [2.45, 2.75) is 39.3 Å². The number of rotatable bonds is 5. The summed E-state index contributed by atoms with van der Waals surface area (Å²) in [4.78, 5) is 14.8. The molecule has 0 saturated carbocycles. The van der Waals surface area contributed by atoms with Crippen LogP contribution in [0.4, 0.5) is 4.39 Å². The summed E-state index contributed by atoms with van der Waals surface area (Å²) in [5, 5.41) is 10.9. The third kappa shape index (κ3) is 4.11. The fourth-order valence-electron chi connectivity index (χ4n) is 4.04. The molecule has 158 valence electrons. The fraction of sp³-hybridized carbons (Fsp3) is 0.222. The maximum atomic E-state index is 13.4. The highest BCUT2D eigenvalue weighted by atomic mass is 19.1. The minimum atomic E-state index is -0.429. The molecule has 1 aliphatic rings. The van der Waals surface area contributed by atoms with E-state index in [0.29, 0.717) is 11.5 Å². The molecule has 1 atom stereocenters. The van der Waals surface area contributed by atoms with Crippen molar-refractivity contribution in [2.24, 2.45) is 0 Å². The van der Waals surface area contributed by atoms with E-state index in [1.165, 1.54) is 17.7 Å². The Morgan fingerprint density at radius 1 is 0.935 bits per heavy atom. The number of carbonyl (C=O) groups is 1. The van der Waals surface area contributed by atoms with Gasteiger partial charge < -0.3 is 10.0 Å². The van der Waals surface area contributed by atoms with Gasteiger partial charge in [0.1, 0.15) is 5.82 Å². The number of hydrogen-bond donors (Lipinski definition) is 1. The number of aryl methyl sites for hydroxylation is 1. The molecule has 1 aliphatic heterocycles. The molecule has 3 aromatic rings. The maximum absolute atomic E-state index is 13.4. The molecule has 0 bridgehead atoms. The molecule has 1 amide bonds. The number of aliphatic hydroxyl groups excluding tert-OH is 1. The maximum Gasteiger partial charge on any atom is 0.290 e. The lowest BCUT2D eigenvalue weighted by Crippen LogP contribution is -2.29. The largest absolute Gasteiger partial charge is 0.503 e. The number of aliphatic hydroxyl groups is 1. The highest BCUT2D eigenvalue weighted by Gasteiger charge is 2.41. The van der Waals surface area contributed by atoms with Gasteiger partial charge in [-0.2, -0.15) is 0 Å². The van der Waals surface area contributed by atoms with E-state index in [1.807, 2.05) is 43.3 Å². The van der Waals surface area contributed by atoms with Gasteiger partial charge in [-0.25, -0.2) is 4.39 Å². The Morgan fingerprint density at radius 2 is 1.55 bits per heavy atom. The number of carbonyl (C=O) groups excluding carboxylic acids is 1. The molecule has 4 rings (SSSR count). The Kier molecular flexibility index (Phi) is 5.64. The second kappa shape index (κ2) is 8.38. The molecule has 0 radical (unpaired) electrons. The van der Waals surface area contributed by atoms with Crippen LogP contribution in [0, 0.1) is 12.7 Å². The minimum absolute atomic E-state index is 0.232. The summed E-state index contributed by atoms with van der Waals surface area (Å²) in [7, 11) is 0. The minimum Gasteiger partial charge on any atom is -0.503 e. The van der Waals surface area contributed by atoms with Crippen LogP contribution in [0.3, 0.4) is 0 Å². The third-order valence-electron chi connectivity index (χ3n) is 5.85. The van der Waals surface area contributed by atoms with E-state index in [2.05, 4.69) is 26.0 Å². The van der Waals surface area contributed by atoms with E-state index in [4.69, 9.17) is 0 Å². The van der Waals surface area contributed by atoms with Crippen molar-refractivity contribution in [2.75, 3.05) is 0 Å². The Balaban J connectivity index is 1.79. The molecule has 1 N–H and O–H groups in total. The summed E-state index contributed by atoms with van der Waals surface area (Å²) >= 11 is 0. The highest BCUT2D eigenvalue weighted by Crippen LogP contribution is 2.44. The zero-order valence-electron chi connectivity index (χ0n) is 18.0. The summed E-state index contributed by atoms with van der Waals surface area (Å²) in [6.45, 7) is 6.55. The average molecular weight is 416 g/mol. The monoisotopic (exact) mass is 415 g/mol. The zero-order valence-corrected chi connectivity index (χ0v) is 18.0. The first kappa shape index (κ1) is 20.9. The molecule has 3 nitrogen and oxygen atoms in total. The number of hydrogen-bond acceptors (Lipinski definition) is 2. The normalized spacial score (nSPS) is 16.5. The number of benzene rings is 3. The van der Waals surface area contributed by atoms with Crippen LogP contribution in [0.15, 0.2) is 78.6 Å². The molecule has 0 aromatic heterocycles. The van der Waals surface area contributed by atoms with Crippen LogP contribution in [0.25, 0.3) is 5.57 Å². The molecule has 4 heteroatoms. The van der Waals surface area contributed by atoms with Crippen molar-refractivity contribution < 1.29 is 14.3 Å². The van der Waals surface area contributed by atoms with Crippen LogP contribution in [0.2, 0.25) is 0 Å². The molecule has 0 aliphatic carbocycles. The Bertz CT molecular complexity index is 1110. The van der Waals surface area contributed by atoms with Crippen molar-refractivity contribution in [3.05, 3.63) is 112 Å². The lowest BCUT2D eigenvalue weighted by Gasteiger charge is -2.28. The van der Waals surface area contributed by atoms with Gasteiger partial charge in [-0.15, -0.1) is 0 Å². The van der Waals surface area contributed by atoms with Gasteiger partial charge in [0.15, 0.2) is 5.76 Å². The lowest BCUT2D eigenvalue weighted by atomic mass is 9.91. The average Bonchev–Trinajstić information content (AvgIpc) is 3.01. The lowest BCUT2D eigenvalue weighted by molar-refractivity contribution is -0.130. The predicted molar refractivity (Wildman–Crippen MR) is 121 cm³/mol. The van der Waals surface area contributed by atoms with Crippen molar-refractivity contribution in [3.63, 3.8) is 0 Å². The van der Waals surface area contributed by atoms with Gasteiger partial charge in [0, 0.05) is 12.1 Å². The van der Waals surface area contributed by atoms with Crippen molar-refractivity contribution >= 4 is 11.5 Å². The van der Waals surface area contributed by atoms with Gasteiger partial charge in [-0.3, -0.25) is 4.79 Å². The quantitative estimate of drug-likeness (QED) is 0.530. The van der Waals surface area contributed by atoms with Crippen LogP contribution in [-0.4, -0.2) is 15.9 Å². The van der Waals surface area contributed by atoms with Crippen molar-refractivity contribution in [3.8, 4) is 0 Å². The zero-order chi connectivity index (χ0) is 22.1. The Hall–Kier alpha value is -3.40. The molecular weight excluding hydrogens is 389 g/mol. The molecule has 3 aromatic carbocycles. The first-order valence-corrected chi connectivity index (χ1v) is 10.5. The topological polar surface area (TPSA) is 40.5 Å². The first-order chi connectivity index (χ1) is 14.8. The smallest absolute Gasteiger partial charge is 0.290 e. The van der Waals surface area contributed by atoms with Crippen LogP contribution in [0.1, 0.15) is 53.6 Å². The van der Waals surface area contributed by atoms with Gasteiger partial charge in [-0.05, 0) is 47.2 Å². The first-order valence-electron chi connectivity index (χ1n) is 10.5. The van der Waals surface area contributed by atoms with Gasteiger partial charge in [0.05, 0.1) is 6.04 Å². The summed E-state index contributed by atoms with van der Waals surface area (Å²) in [5.74, 6) is -0.574. The summed E-state index contributed by atoms with van der Waals surface area (Å²) in [6, 6.07) is 21.7. The fourth-order valence-corrected chi connectivity index (χ4v) is 4.04. The van der Waals surface area contributed by atoms with Gasteiger partial charge in [0.25, 0.3) is 5.91 Å². The number of amides is 1. The summed E-state index contributed by atoms with van der Waals surface area (Å²) < 4.78 is 13.4. The van der Waals surface area contributed by atoms with Crippen molar-refractivity contribution in [1.82, 2.24) is 4.90 Å².